The molecule has 6 atom stereocenters. The minimum Gasteiger partial charge on any atom is -0.462 e. The summed E-state index contributed by atoms with van der Waals surface area (Å²) in [5, 5.41) is 14.0. The van der Waals surface area contributed by atoms with E-state index in [1.807, 2.05) is 74.5 Å². The Labute approximate surface area is 462 Å². The number of hydrogen-bond acceptors (Lipinski definition) is 10. The number of para-hydroxylation sites is 1. The number of anilines is 2. The number of esters is 3. The standard InChI is InChI=1S/C64H62F3N3O10/c1-39(2)60-59(63(75)68-48-13-8-5-9-14-48)58(42-11-6-4-7-12-42)62(44-19-25-46(66)26-20-44)69(60)36-35-51-37-52(38-57(74)79-51)80-56(73)16-10-15-55(72)78-50-31-21-43(22-32-50)61-53(64(76)70(61)49-29-27-47(67)28-30-49)33-34-54(77-40(3)71)41-17-23-45(65)24-18-41/h4-9,11-14,17-32,39,51-54,57,61,74H,10,15-16,33-38H2,1-3H3,(H,68,75)/t51?,52?,53-,54+,57?,61-/m1/s1. The minimum absolute atomic E-state index is 0.0477. The fraction of sp³-hybridized carbons (Fsp3) is 0.297. The van der Waals surface area contributed by atoms with Crippen LogP contribution in [-0.4, -0.2) is 57.9 Å². The number of halogens is 3. The van der Waals surface area contributed by atoms with E-state index < -0.39 is 71.9 Å². The molecule has 9 rings (SSSR count). The minimum atomic E-state index is -1.22. The Hall–Kier alpha value is -8.34. The molecule has 2 N–H and O–H groups in total. The summed E-state index contributed by atoms with van der Waals surface area (Å²) < 4.78 is 67.3. The van der Waals surface area contributed by atoms with Crippen LogP contribution >= 0.6 is 0 Å². The van der Waals surface area contributed by atoms with Crippen molar-refractivity contribution >= 4 is 41.1 Å². The number of rotatable bonds is 21. The van der Waals surface area contributed by atoms with Crippen LogP contribution in [0.4, 0.5) is 24.5 Å². The molecule has 2 aliphatic heterocycles. The molecule has 0 radical (unpaired) electrons. The first-order chi connectivity index (χ1) is 38.6. The van der Waals surface area contributed by atoms with Crippen molar-refractivity contribution in [1.29, 1.82) is 0 Å². The lowest BCUT2D eigenvalue weighted by atomic mass is 9.78. The second-order valence-electron chi connectivity index (χ2n) is 20.4. The highest BCUT2D eigenvalue weighted by Gasteiger charge is 2.49. The van der Waals surface area contributed by atoms with Crippen LogP contribution in [0, 0.1) is 23.4 Å². The van der Waals surface area contributed by atoms with E-state index >= 15 is 0 Å². The number of ether oxygens (including phenoxy) is 4. The van der Waals surface area contributed by atoms with Gasteiger partial charge in [0.1, 0.15) is 35.4 Å². The maximum absolute atomic E-state index is 14.5. The van der Waals surface area contributed by atoms with Crippen LogP contribution in [0.15, 0.2) is 158 Å². The SMILES string of the molecule is CC(=O)O[C@@H](CC[C@H]1C(=O)N(c2ccc(F)cc2)[C@@H]1c1ccc(OC(=O)CCCC(=O)OC2CC(O)OC(CCn3c(-c4ccc(F)cc4)c(-c4ccccc4)c(C(=O)Nc4ccccc4)c3C(C)C)C2)cc1)c1ccc(F)cc1. The number of benzene rings is 6. The molecule has 0 bridgehead atoms. The van der Waals surface area contributed by atoms with Crippen molar-refractivity contribution in [1.82, 2.24) is 4.57 Å². The summed E-state index contributed by atoms with van der Waals surface area (Å²) in [4.78, 5) is 68.2. The molecule has 13 nitrogen and oxygen atoms in total. The summed E-state index contributed by atoms with van der Waals surface area (Å²) >= 11 is 0. The molecule has 3 unspecified atom stereocenters. The average molecular weight is 1090 g/mol. The highest BCUT2D eigenvalue weighted by molar-refractivity contribution is 6.12. The largest absolute Gasteiger partial charge is 0.462 e. The normalized spacial score (nSPS) is 18.3. The summed E-state index contributed by atoms with van der Waals surface area (Å²) in [6.45, 7) is 5.63. The maximum atomic E-state index is 14.5. The van der Waals surface area contributed by atoms with Gasteiger partial charge in [-0.15, -0.1) is 0 Å². The Morgan fingerprint density at radius 3 is 1.98 bits per heavy atom. The van der Waals surface area contributed by atoms with Gasteiger partial charge in [-0.2, -0.15) is 0 Å². The lowest BCUT2D eigenvalue weighted by molar-refractivity contribution is -0.202. The van der Waals surface area contributed by atoms with Gasteiger partial charge in [-0.25, -0.2) is 13.2 Å². The fourth-order valence-electron chi connectivity index (χ4n) is 10.9. The molecule has 7 aromatic rings. The maximum Gasteiger partial charge on any atom is 0.311 e. The van der Waals surface area contributed by atoms with Gasteiger partial charge in [0, 0.05) is 61.8 Å². The zero-order chi connectivity index (χ0) is 56.5. The average Bonchev–Trinajstić information content (AvgIpc) is 4.01. The Kier molecular flexibility index (Phi) is 18.1. The number of hydrogen-bond donors (Lipinski definition) is 2. The molecule has 6 aromatic carbocycles. The number of amides is 2. The molecule has 2 aliphatic rings. The van der Waals surface area contributed by atoms with Gasteiger partial charge in [0.25, 0.3) is 5.91 Å². The summed E-state index contributed by atoms with van der Waals surface area (Å²) in [5.74, 6) is -3.97. The Morgan fingerprint density at radius 1 is 0.725 bits per heavy atom. The third-order valence-electron chi connectivity index (χ3n) is 14.4. The van der Waals surface area contributed by atoms with Crippen molar-refractivity contribution < 1.29 is 61.2 Å². The van der Waals surface area contributed by atoms with Crippen molar-refractivity contribution in [3.8, 4) is 28.1 Å². The number of aliphatic hydroxyl groups is 1. The molecule has 2 amide bonds. The Morgan fingerprint density at radius 2 is 1.34 bits per heavy atom. The molecule has 2 saturated heterocycles. The second-order valence-corrected chi connectivity index (χ2v) is 20.4. The quantitative estimate of drug-likeness (QED) is 0.0402. The Balaban J connectivity index is 0.824. The van der Waals surface area contributed by atoms with Gasteiger partial charge in [0.15, 0.2) is 6.29 Å². The van der Waals surface area contributed by atoms with E-state index in [0.29, 0.717) is 64.3 Å². The summed E-state index contributed by atoms with van der Waals surface area (Å²) in [5.41, 5.74) is 6.53. The van der Waals surface area contributed by atoms with E-state index in [-0.39, 0.29) is 62.0 Å². The van der Waals surface area contributed by atoms with E-state index in [4.69, 9.17) is 18.9 Å². The van der Waals surface area contributed by atoms with Crippen molar-refractivity contribution in [2.45, 2.75) is 115 Å². The number of aliphatic hydroxyl groups excluding tert-OH is 1. The van der Waals surface area contributed by atoms with Crippen LogP contribution in [0.2, 0.25) is 0 Å². The van der Waals surface area contributed by atoms with E-state index in [9.17, 15) is 42.3 Å². The number of nitrogens with one attached hydrogen (secondary N) is 1. The van der Waals surface area contributed by atoms with Crippen LogP contribution in [0.25, 0.3) is 22.4 Å². The molecule has 1 aromatic heterocycles. The topological polar surface area (TPSA) is 163 Å². The molecular weight excluding hydrogens is 1030 g/mol. The molecule has 3 heterocycles. The first-order valence-electron chi connectivity index (χ1n) is 26.9. The Bertz CT molecular complexity index is 3280. The first kappa shape index (κ1) is 56.4. The van der Waals surface area contributed by atoms with E-state index in [1.165, 1.54) is 67.6 Å². The van der Waals surface area contributed by atoms with Crippen molar-refractivity contribution in [3.63, 3.8) is 0 Å². The predicted octanol–water partition coefficient (Wildman–Crippen LogP) is 13.0. The predicted molar refractivity (Wildman–Crippen MR) is 295 cm³/mol. The zero-order valence-electron chi connectivity index (χ0n) is 44.6. The van der Waals surface area contributed by atoms with Crippen LogP contribution in [0.5, 0.6) is 5.75 Å². The van der Waals surface area contributed by atoms with Gasteiger partial charge in [0.2, 0.25) is 5.91 Å². The zero-order valence-corrected chi connectivity index (χ0v) is 44.6. The third-order valence-corrected chi connectivity index (χ3v) is 14.4. The molecule has 414 valence electrons. The highest BCUT2D eigenvalue weighted by Crippen LogP contribution is 2.47. The van der Waals surface area contributed by atoms with Crippen LogP contribution in [-0.2, 0) is 39.9 Å². The lowest BCUT2D eigenvalue weighted by Crippen LogP contribution is -2.55. The molecule has 0 spiro atoms. The van der Waals surface area contributed by atoms with Crippen LogP contribution in [0.3, 0.4) is 0 Å². The van der Waals surface area contributed by atoms with Gasteiger partial charge in [-0.05, 0) is 139 Å². The molecule has 2 fully saturated rings. The smallest absolute Gasteiger partial charge is 0.311 e. The van der Waals surface area contributed by atoms with Crippen molar-refractivity contribution in [3.05, 3.63) is 198 Å². The molecule has 0 saturated carbocycles. The molecular formula is C64H62F3N3O10. The summed E-state index contributed by atoms with van der Waals surface area (Å²) in [6, 6.07) is 42.3. The second kappa shape index (κ2) is 25.6. The molecule has 0 aliphatic carbocycles. The number of aromatic nitrogens is 1. The lowest BCUT2D eigenvalue weighted by Gasteiger charge is -2.48. The van der Waals surface area contributed by atoms with E-state index in [0.717, 1.165) is 11.3 Å². The first-order valence-corrected chi connectivity index (χ1v) is 26.9. The number of carbonyl (C=O) groups excluding carboxylic acids is 5. The third kappa shape index (κ3) is 13.6. The number of nitrogens with zero attached hydrogens (tertiary/aromatic N) is 2. The van der Waals surface area contributed by atoms with E-state index in [2.05, 4.69) is 9.88 Å². The molecule has 80 heavy (non-hydrogen) atoms. The van der Waals surface area contributed by atoms with E-state index in [1.54, 1.807) is 41.3 Å². The fourth-order valence-corrected chi connectivity index (χ4v) is 10.9. The van der Waals surface area contributed by atoms with Gasteiger partial charge < -0.3 is 38.8 Å². The van der Waals surface area contributed by atoms with Crippen LogP contribution in [0.1, 0.15) is 117 Å². The highest BCUT2D eigenvalue weighted by atomic mass is 19.1. The molecule has 16 heteroatoms. The van der Waals surface area contributed by atoms with Crippen molar-refractivity contribution in [2.75, 3.05) is 10.2 Å². The number of β-lactam (4-membered cyclic amide) rings is 1. The van der Waals surface area contributed by atoms with Crippen LogP contribution < -0.4 is 15.0 Å². The monoisotopic (exact) mass is 1090 g/mol. The summed E-state index contributed by atoms with van der Waals surface area (Å²) in [7, 11) is 0. The summed E-state index contributed by atoms with van der Waals surface area (Å²) in [6.07, 6.45) is -2.02. The van der Waals surface area contributed by atoms with Crippen molar-refractivity contribution in [2.24, 2.45) is 5.92 Å². The number of carbonyl (C=O) groups is 5. The van der Waals surface area contributed by atoms with Gasteiger partial charge in [-0.3, -0.25) is 24.0 Å². The van der Waals surface area contributed by atoms with Gasteiger partial charge in [-0.1, -0.05) is 86.6 Å². The van der Waals surface area contributed by atoms with Gasteiger partial charge in [0.05, 0.1) is 29.3 Å². The van der Waals surface area contributed by atoms with Gasteiger partial charge >= 0.3 is 17.9 Å².